The Bertz CT molecular complexity index is 404. The molecule has 112 valence electrons. The Labute approximate surface area is 122 Å². The predicted molar refractivity (Wildman–Crippen MR) is 82.8 cm³/mol. The van der Waals surface area contributed by atoms with Gasteiger partial charge >= 0.3 is 5.97 Å². The number of unbranched alkanes of at least 4 members (excludes halogenated alkanes) is 3. The molecule has 1 aromatic carbocycles. The van der Waals surface area contributed by atoms with Crippen molar-refractivity contribution in [2.45, 2.75) is 58.5 Å². The Hall–Kier alpha value is -1.35. The molecule has 0 saturated carbocycles. The summed E-state index contributed by atoms with van der Waals surface area (Å²) in [6.45, 7) is 5.14. The number of hydrogen-bond acceptors (Lipinski definition) is 3. The molecule has 0 radical (unpaired) electrons. The van der Waals surface area contributed by atoms with Crippen molar-refractivity contribution in [3.8, 4) is 0 Å². The van der Waals surface area contributed by atoms with Crippen molar-refractivity contribution in [1.29, 1.82) is 0 Å². The Morgan fingerprint density at radius 1 is 1.25 bits per heavy atom. The number of carbonyl (C=O) groups excluding carboxylic acids is 1. The number of ether oxygens (including phenoxy) is 1. The van der Waals surface area contributed by atoms with Crippen molar-refractivity contribution >= 4 is 5.97 Å². The first-order valence-corrected chi connectivity index (χ1v) is 7.58. The summed E-state index contributed by atoms with van der Waals surface area (Å²) in [5, 5.41) is 3.49. The van der Waals surface area contributed by atoms with Gasteiger partial charge in [0.25, 0.3) is 0 Å². The number of hydrogen-bond donors (Lipinski definition) is 1. The fraction of sp³-hybridized carbons (Fsp3) is 0.588. The first-order chi connectivity index (χ1) is 9.69. The van der Waals surface area contributed by atoms with Gasteiger partial charge in [0, 0.05) is 12.6 Å². The van der Waals surface area contributed by atoms with Crippen LogP contribution in [-0.2, 0) is 11.3 Å². The summed E-state index contributed by atoms with van der Waals surface area (Å²) >= 11 is 0. The van der Waals surface area contributed by atoms with E-state index in [1.165, 1.54) is 39.2 Å². The van der Waals surface area contributed by atoms with Gasteiger partial charge in [-0.05, 0) is 25.0 Å². The van der Waals surface area contributed by atoms with Crippen molar-refractivity contribution in [2.75, 3.05) is 7.11 Å². The Kier molecular flexibility index (Phi) is 7.97. The second-order valence-electron chi connectivity index (χ2n) is 5.28. The highest BCUT2D eigenvalue weighted by molar-refractivity contribution is 5.90. The van der Waals surface area contributed by atoms with Crippen molar-refractivity contribution in [3.63, 3.8) is 0 Å². The molecule has 0 bridgehead atoms. The Morgan fingerprint density at radius 2 is 2.00 bits per heavy atom. The van der Waals surface area contributed by atoms with Crippen LogP contribution in [0.1, 0.15) is 61.9 Å². The minimum atomic E-state index is -0.266. The molecule has 0 fully saturated rings. The van der Waals surface area contributed by atoms with Crippen molar-refractivity contribution in [3.05, 3.63) is 35.4 Å². The average molecular weight is 277 g/mol. The van der Waals surface area contributed by atoms with Crippen LogP contribution in [0.25, 0.3) is 0 Å². The maximum Gasteiger partial charge on any atom is 0.338 e. The van der Waals surface area contributed by atoms with E-state index in [2.05, 4.69) is 19.2 Å². The quantitative estimate of drug-likeness (QED) is 0.549. The minimum Gasteiger partial charge on any atom is -0.465 e. The van der Waals surface area contributed by atoms with Crippen LogP contribution in [0.4, 0.5) is 0 Å². The van der Waals surface area contributed by atoms with E-state index in [1.54, 1.807) is 0 Å². The maximum atomic E-state index is 11.7. The lowest BCUT2D eigenvalue weighted by molar-refractivity contribution is 0.0599. The minimum absolute atomic E-state index is 0.266. The zero-order valence-electron chi connectivity index (χ0n) is 12.9. The van der Waals surface area contributed by atoms with E-state index in [9.17, 15) is 4.79 Å². The zero-order chi connectivity index (χ0) is 14.8. The van der Waals surface area contributed by atoms with E-state index in [0.29, 0.717) is 18.2 Å². The monoisotopic (exact) mass is 277 g/mol. The molecule has 0 aromatic heterocycles. The van der Waals surface area contributed by atoms with Gasteiger partial charge < -0.3 is 10.1 Å². The first kappa shape index (κ1) is 16.7. The fourth-order valence-corrected chi connectivity index (χ4v) is 2.25. The van der Waals surface area contributed by atoms with E-state index in [0.717, 1.165) is 5.56 Å². The molecule has 0 aliphatic rings. The van der Waals surface area contributed by atoms with Crippen molar-refractivity contribution < 1.29 is 9.53 Å². The summed E-state index contributed by atoms with van der Waals surface area (Å²) in [5.74, 6) is -0.266. The molecule has 20 heavy (non-hydrogen) atoms. The molecular formula is C17H27NO2. The molecule has 3 nitrogen and oxygen atoms in total. The number of nitrogens with one attached hydrogen (secondary N) is 1. The lowest BCUT2D eigenvalue weighted by Gasteiger charge is -2.15. The topological polar surface area (TPSA) is 38.3 Å². The van der Waals surface area contributed by atoms with Gasteiger partial charge in [-0.25, -0.2) is 4.79 Å². The largest absolute Gasteiger partial charge is 0.465 e. The average Bonchev–Trinajstić information content (AvgIpc) is 2.49. The Morgan fingerprint density at radius 3 is 2.70 bits per heavy atom. The van der Waals surface area contributed by atoms with Crippen LogP contribution in [0, 0.1) is 0 Å². The molecule has 0 saturated heterocycles. The molecule has 1 aromatic rings. The molecular weight excluding hydrogens is 250 g/mol. The Balaban J connectivity index is 2.43. The smallest absolute Gasteiger partial charge is 0.338 e. The first-order valence-electron chi connectivity index (χ1n) is 7.58. The van der Waals surface area contributed by atoms with E-state index >= 15 is 0 Å². The van der Waals surface area contributed by atoms with Crippen LogP contribution in [-0.4, -0.2) is 19.1 Å². The van der Waals surface area contributed by atoms with Crippen LogP contribution >= 0.6 is 0 Å². The zero-order valence-corrected chi connectivity index (χ0v) is 12.9. The summed E-state index contributed by atoms with van der Waals surface area (Å²) in [4.78, 5) is 11.7. The van der Waals surface area contributed by atoms with E-state index in [1.807, 2.05) is 24.3 Å². The second kappa shape index (κ2) is 9.54. The van der Waals surface area contributed by atoms with Crippen molar-refractivity contribution in [2.24, 2.45) is 0 Å². The molecule has 3 heteroatoms. The highest BCUT2D eigenvalue weighted by Crippen LogP contribution is 2.11. The molecule has 0 spiro atoms. The van der Waals surface area contributed by atoms with Crippen LogP contribution in [0.2, 0.25) is 0 Å². The SMILES string of the molecule is CCCCCCC(C)NCc1ccccc1C(=O)OC. The lowest BCUT2D eigenvalue weighted by atomic mass is 10.1. The van der Waals surface area contributed by atoms with E-state index in [4.69, 9.17) is 4.74 Å². The second-order valence-corrected chi connectivity index (χ2v) is 5.28. The van der Waals surface area contributed by atoms with Crippen LogP contribution in [0.3, 0.4) is 0 Å². The third kappa shape index (κ3) is 5.74. The highest BCUT2D eigenvalue weighted by Gasteiger charge is 2.11. The summed E-state index contributed by atoms with van der Waals surface area (Å²) < 4.78 is 4.81. The van der Waals surface area contributed by atoms with Crippen molar-refractivity contribution in [1.82, 2.24) is 5.32 Å². The summed E-state index contributed by atoms with van der Waals surface area (Å²) in [5.41, 5.74) is 1.65. The third-order valence-electron chi connectivity index (χ3n) is 3.55. The molecule has 1 rings (SSSR count). The molecule has 1 N–H and O–H groups in total. The molecule has 0 amide bonds. The maximum absolute atomic E-state index is 11.7. The number of methoxy groups -OCH3 is 1. The van der Waals surface area contributed by atoms with E-state index in [-0.39, 0.29) is 5.97 Å². The summed E-state index contributed by atoms with van der Waals surface area (Å²) in [6, 6.07) is 8.08. The summed E-state index contributed by atoms with van der Waals surface area (Å²) in [6.07, 6.45) is 6.34. The normalized spacial score (nSPS) is 12.2. The third-order valence-corrected chi connectivity index (χ3v) is 3.55. The number of benzene rings is 1. The van der Waals surface area contributed by atoms with E-state index < -0.39 is 0 Å². The van der Waals surface area contributed by atoms with Gasteiger partial charge in [-0.3, -0.25) is 0 Å². The molecule has 0 heterocycles. The number of rotatable bonds is 9. The lowest BCUT2D eigenvalue weighted by Crippen LogP contribution is -2.26. The van der Waals surface area contributed by atoms with Crippen LogP contribution in [0.15, 0.2) is 24.3 Å². The fourth-order valence-electron chi connectivity index (χ4n) is 2.25. The van der Waals surface area contributed by atoms with Gasteiger partial charge in [0.2, 0.25) is 0 Å². The highest BCUT2D eigenvalue weighted by atomic mass is 16.5. The molecule has 1 atom stereocenters. The number of carbonyl (C=O) groups is 1. The van der Waals surface area contributed by atoms with Gasteiger partial charge in [0.15, 0.2) is 0 Å². The standard InChI is InChI=1S/C17H27NO2/c1-4-5-6-7-10-14(2)18-13-15-11-8-9-12-16(15)17(19)20-3/h8-9,11-12,14,18H,4-7,10,13H2,1-3H3. The van der Waals surface area contributed by atoms with Crippen LogP contribution < -0.4 is 5.32 Å². The van der Waals surface area contributed by atoms with Gasteiger partial charge in [0.1, 0.15) is 0 Å². The molecule has 0 aliphatic carbocycles. The van der Waals surface area contributed by atoms with Gasteiger partial charge in [-0.2, -0.15) is 0 Å². The van der Waals surface area contributed by atoms with Gasteiger partial charge in [0.05, 0.1) is 12.7 Å². The summed E-state index contributed by atoms with van der Waals surface area (Å²) in [7, 11) is 1.42. The van der Waals surface area contributed by atoms with Gasteiger partial charge in [-0.15, -0.1) is 0 Å². The molecule has 0 aliphatic heterocycles. The molecule has 1 unspecified atom stereocenters. The van der Waals surface area contributed by atoms with Crippen LogP contribution in [0.5, 0.6) is 0 Å². The predicted octanol–water partition coefficient (Wildman–Crippen LogP) is 3.92. The number of esters is 1. The van der Waals surface area contributed by atoms with Gasteiger partial charge in [-0.1, -0.05) is 50.8 Å².